The molecule has 6 heterocycles. The molecular formula is C94H61BN2S4. The van der Waals surface area contributed by atoms with E-state index >= 15 is 0 Å². The fourth-order valence-electron chi connectivity index (χ4n) is 16.8. The topological polar surface area (TPSA) is 6.48 Å². The number of fused-ring (bicyclic) bond motifs is 16. The summed E-state index contributed by atoms with van der Waals surface area (Å²) >= 11 is 7.63. The van der Waals surface area contributed by atoms with Crippen molar-refractivity contribution in [3.63, 3.8) is 0 Å². The maximum atomic E-state index is 2.75. The zero-order chi connectivity index (χ0) is 66.8. The molecule has 0 fully saturated rings. The minimum atomic E-state index is -0.214. The Labute approximate surface area is 602 Å². The van der Waals surface area contributed by atoms with Gasteiger partial charge in [-0.25, -0.2) is 0 Å². The minimum Gasteiger partial charge on any atom is -0.310 e. The maximum Gasteiger partial charge on any atom is 0.252 e. The second kappa shape index (κ2) is 22.7. The number of thiophene rings is 4. The monoisotopic (exact) mass is 1360 g/mol. The van der Waals surface area contributed by atoms with Crippen LogP contribution in [0.15, 0.2) is 315 Å². The number of para-hydroxylation sites is 2. The molecule has 0 atom stereocenters. The molecule has 0 saturated heterocycles. The van der Waals surface area contributed by atoms with Crippen molar-refractivity contribution in [2.24, 2.45) is 0 Å². The van der Waals surface area contributed by atoms with Crippen molar-refractivity contribution in [1.29, 1.82) is 0 Å². The van der Waals surface area contributed by atoms with Gasteiger partial charge >= 0.3 is 0 Å². The van der Waals surface area contributed by atoms with Crippen LogP contribution in [0.1, 0.15) is 26.3 Å². The Kier molecular flexibility index (Phi) is 13.2. The first kappa shape index (κ1) is 58.8. The summed E-state index contributed by atoms with van der Waals surface area (Å²) in [6, 6.07) is 121. The first-order valence-electron chi connectivity index (χ1n) is 34.8. The first-order valence-corrected chi connectivity index (χ1v) is 38.1. The fraction of sp³-hybridized carbons (Fsp3) is 0.0426. The molecule has 4 aromatic heterocycles. The van der Waals surface area contributed by atoms with E-state index in [2.05, 4.69) is 346 Å². The van der Waals surface area contributed by atoms with Crippen LogP contribution in [0.4, 0.5) is 34.1 Å². The molecule has 0 N–H and O–H groups in total. The van der Waals surface area contributed by atoms with E-state index in [1.807, 2.05) is 45.3 Å². The Morgan fingerprint density at radius 1 is 0.248 bits per heavy atom. The van der Waals surface area contributed by atoms with Crippen LogP contribution >= 0.6 is 45.3 Å². The molecule has 21 rings (SSSR count). The Morgan fingerprint density at radius 2 is 0.564 bits per heavy atom. The molecular weight excluding hydrogens is 1300 g/mol. The highest BCUT2D eigenvalue weighted by molar-refractivity contribution is 7.27. The first-order chi connectivity index (χ1) is 49.8. The predicted molar refractivity (Wildman–Crippen MR) is 443 cm³/mol. The van der Waals surface area contributed by atoms with Crippen molar-refractivity contribution in [3.8, 4) is 66.8 Å². The zero-order valence-corrected chi connectivity index (χ0v) is 58.9. The van der Waals surface area contributed by atoms with Crippen LogP contribution in [0.3, 0.4) is 0 Å². The summed E-state index contributed by atoms with van der Waals surface area (Å²) in [5, 5.41) is 10.2. The normalized spacial score (nSPS) is 12.8. The number of nitrogens with zero attached hydrogens (tertiary/aromatic N) is 2. The third kappa shape index (κ3) is 9.00. The predicted octanol–water partition coefficient (Wildman–Crippen LogP) is 26.5. The van der Waals surface area contributed by atoms with Gasteiger partial charge in [-0.05, 0) is 98.2 Å². The number of hydrogen-bond donors (Lipinski definition) is 0. The SMILES string of the molecule is CC(C)(C)c1ccc2c(c1)B1c3cc(-c4ccccc4)ccc3N(c3c(-c4cccc5c4sc4ccccc45)cccc3-c3cccc4c3sc3ccccc34)c3cc(-c4ccccc4)cc(c31)N2c1c(-c2cccc3c2sc2ccccc23)cccc1-c1cccc2c1sc1ccccc12. The second-order valence-corrected chi connectivity index (χ2v) is 32.3. The third-order valence-electron chi connectivity index (χ3n) is 21.4. The van der Waals surface area contributed by atoms with E-state index in [0.29, 0.717) is 0 Å². The molecule has 15 aromatic carbocycles. The van der Waals surface area contributed by atoms with Gasteiger partial charge in [0.05, 0.1) is 11.4 Å². The van der Waals surface area contributed by atoms with Crippen LogP contribution in [0.25, 0.3) is 147 Å². The fourth-order valence-corrected chi connectivity index (χ4v) is 21.8. The highest BCUT2D eigenvalue weighted by Crippen LogP contribution is 2.58. The minimum absolute atomic E-state index is 0.179. The average molecular weight is 1360 g/mol. The molecule has 474 valence electrons. The summed E-state index contributed by atoms with van der Waals surface area (Å²) in [5.41, 5.74) is 26.1. The summed E-state index contributed by atoms with van der Waals surface area (Å²) in [6.45, 7) is 6.92. The van der Waals surface area contributed by atoms with Crippen molar-refractivity contribution >= 4 is 183 Å². The molecule has 0 spiro atoms. The molecule has 19 aromatic rings. The van der Waals surface area contributed by atoms with Gasteiger partial charge in [0.25, 0.3) is 6.71 Å². The summed E-state index contributed by atoms with van der Waals surface area (Å²) in [4.78, 5) is 5.49. The van der Waals surface area contributed by atoms with Crippen molar-refractivity contribution in [3.05, 3.63) is 321 Å². The molecule has 0 radical (unpaired) electrons. The van der Waals surface area contributed by atoms with Crippen molar-refractivity contribution in [1.82, 2.24) is 0 Å². The van der Waals surface area contributed by atoms with E-state index in [1.165, 1.54) is 164 Å². The Morgan fingerprint density at radius 3 is 0.950 bits per heavy atom. The number of anilines is 6. The van der Waals surface area contributed by atoms with Gasteiger partial charge < -0.3 is 9.80 Å². The Hall–Kier alpha value is -11.2. The summed E-state index contributed by atoms with van der Waals surface area (Å²) in [6.07, 6.45) is 0. The lowest BCUT2D eigenvalue weighted by Gasteiger charge is -2.46. The van der Waals surface area contributed by atoms with Crippen LogP contribution in [-0.2, 0) is 5.41 Å². The third-order valence-corrected chi connectivity index (χ3v) is 26.3. The molecule has 2 aliphatic rings. The van der Waals surface area contributed by atoms with Crippen molar-refractivity contribution in [2.45, 2.75) is 26.2 Å². The van der Waals surface area contributed by atoms with Crippen LogP contribution in [0, 0.1) is 0 Å². The van der Waals surface area contributed by atoms with Gasteiger partial charge in [-0.15, -0.1) is 45.3 Å². The lowest BCUT2D eigenvalue weighted by Crippen LogP contribution is -2.61. The van der Waals surface area contributed by atoms with Gasteiger partial charge in [0.1, 0.15) is 0 Å². The number of hydrogen-bond acceptors (Lipinski definition) is 6. The Balaban J connectivity index is 0.946. The van der Waals surface area contributed by atoms with Gasteiger partial charge in [-0.2, -0.15) is 0 Å². The van der Waals surface area contributed by atoms with Gasteiger partial charge in [0, 0.05) is 148 Å². The largest absolute Gasteiger partial charge is 0.310 e. The quantitative estimate of drug-likeness (QED) is 0.140. The van der Waals surface area contributed by atoms with Crippen LogP contribution in [-0.4, -0.2) is 6.71 Å². The summed E-state index contributed by atoms with van der Waals surface area (Å²) in [7, 11) is 0. The van der Waals surface area contributed by atoms with E-state index in [9.17, 15) is 0 Å². The van der Waals surface area contributed by atoms with Crippen LogP contribution in [0.2, 0.25) is 0 Å². The highest BCUT2D eigenvalue weighted by Gasteiger charge is 2.46. The average Bonchev–Trinajstić information content (AvgIpc) is 1.19. The molecule has 7 heteroatoms. The maximum absolute atomic E-state index is 2.75. The Bertz CT molecular complexity index is 6380. The van der Waals surface area contributed by atoms with E-state index < -0.39 is 0 Å². The van der Waals surface area contributed by atoms with Gasteiger partial charge in [-0.3, -0.25) is 0 Å². The van der Waals surface area contributed by atoms with Crippen molar-refractivity contribution in [2.75, 3.05) is 9.80 Å². The lowest BCUT2D eigenvalue weighted by molar-refractivity contribution is 0.591. The zero-order valence-electron chi connectivity index (χ0n) is 55.6. The number of rotatable bonds is 8. The summed E-state index contributed by atoms with van der Waals surface area (Å²) < 4.78 is 10.3. The number of benzene rings is 15. The van der Waals surface area contributed by atoms with Gasteiger partial charge in [-0.1, -0.05) is 288 Å². The van der Waals surface area contributed by atoms with Gasteiger partial charge in [0.15, 0.2) is 0 Å². The molecule has 0 aliphatic carbocycles. The van der Waals surface area contributed by atoms with E-state index in [0.717, 1.165) is 39.6 Å². The van der Waals surface area contributed by atoms with Crippen LogP contribution < -0.4 is 26.2 Å². The smallest absolute Gasteiger partial charge is 0.252 e. The molecule has 0 unspecified atom stereocenters. The van der Waals surface area contributed by atoms with Crippen LogP contribution in [0.5, 0.6) is 0 Å². The lowest BCUT2D eigenvalue weighted by atomic mass is 9.33. The standard InChI is InChI=1S/C94H61BN2S4/c1-94(2,3)60-49-51-80-78(55-60)95-77-52-58(56-24-6-4-7-25-56)48-50-79(77)96(88-65(73-40-20-36-69-61-28-10-14-44-83(61)98-90(69)73)32-18-33-66(88)74-41-21-37-70-62-29-11-15-45-84(62)99-91(70)74)81-53-59(57-26-8-5-9-27-57)54-82(87(81)95)97(80)89-67(75-42-22-38-71-63-30-12-16-46-85(63)100-92(71)75)34-19-35-68(89)76-43-23-39-72-64-31-13-17-47-86(64)101-93(72)76/h4-55H,1-3H3. The molecule has 0 bridgehead atoms. The van der Waals surface area contributed by atoms with E-state index in [4.69, 9.17) is 0 Å². The molecule has 101 heavy (non-hydrogen) atoms. The summed E-state index contributed by atoms with van der Waals surface area (Å²) in [5.74, 6) is 0. The van der Waals surface area contributed by atoms with Gasteiger partial charge in [0.2, 0.25) is 0 Å². The molecule has 0 saturated carbocycles. The highest BCUT2D eigenvalue weighted by atomic mass is 32.1. The van der Waals surface area contributed by atoms with Crippen molar-refractivity contribution < 1.29 is 0 Å². The second-order valence-electron chi connectivity index (χ2n) is 28.1. The van der Waals surface area contributed by atoms with E-state index in [1.54, 1.807) is 0 Å². The molecule has 2 aliphatic heterocycles. The molecule has 0 amide bonds. The van der Waals surface area contributed by atoms with E-state index in [-0.39, 0.29) is 12.1 Å². The molecule has 2 nitrogen and oxygen atoms in total.